The van der Waals surface area contributed by atoms with Gasteiger partial charge in [-0.15, -0.1) is 0 Å². The summed E-state index contributed by atoms with van der Waals surface area (Å²) in [5.74, 6) is 0. The van der Waals surface area contributed by atoms with Crippen LogP contribution in [0.5, 0.6) is 0 Å². The maximum Gasteiger partial charge on any atom is 0.352 e. The highest BCUT2D eigenvalue weighted by Crippen LogP contribution is 2.20. The smallest absolute Gasteiger partial charge is 0.261 e. The Morgan fingerprint density at radius 3 is 2.69 bits per heavy atom. The maximum atomic E-state index is 11.4. The second-order valence-corrected chi connectivity index (χ2v) is 3.02. The van der Waals surface area contributed by atoms with Gasteiger partial charge in [0.2, 0.25) is 0 Å². The van der Waals surface area contributed by atoms with E-state index in [0.717, 1.165) is 4.57 Å². The largest absolute Gasteiger partial charge is 0.352 e. The molecular formula is C10H7N3O3. The number of aromatic nitrogens is 2. The Balaban J connectivity index is 2.70. The number of nitro groups is 1. The molecule has 80 valence electrons. The Bertz CT molecular complexity index is 592. The molecule has 0 unspecified atom stereocenters. The molecule has 1 aromatic carbocycles. The van der Waals surface area contributed by atoms with Crippen molar-refractivity contribution in [1.82, 2.24) is 9.55 Å². The minimum Gasteiger partial charge on any atom is -0.261 e. The van der Waals surface area contributed by atoms with Gasteiger partial charge in [-0.05, 0) is 12.1 Å². The molecule has 0 spiro atoms. The summed E-state index contributed by atoms with van der Waals surface area (Å²) in [6.07, 6.45) is 2.78. The van der Waals surface area contributed by atoms with Gasteiger partial charge in [0.1, 0.15) is 5.69 Å². The normalized spacial score (nSPS) is 10.0. The summed E-state index contributed by atoms with van der Waals surface area (Å²) in [5, 5.41) is 10.8. The molecule has 1 heterocycles. The molecule has 0 saturated heterocycles. The second kappa shape index (κ2) is 3.93. The summed E-state index contributed by atoms with van der Waals surface area (Å²) in [6.45, 7) is 0. The zero-order valence-electron chi connectivity index (χ0n) is 8.11. The van der Waals surface area contributed by atoms with Crippen LogP contribution < -0.4 is 5.69 Å². The van der Waals surface area contributed by atoms with Crippen LogP contribution in [0.4, 0.5) is 5.69 Å². The van der Waals surface area contributed by atoms with Crippen LogP contribution in [-0.4, -0.2) is 14.5 Å². The Morgan fingerprint density at radius 1 is 1.25 bits per heavy atom. The molecule has 16 heavy (non-hydrogen) atoms. The lowest BCUT2D eigenvalue weighted by Crippen LogP contribution is -2.20. The molecule has 2 rings (SSSR count). The highest BCUT2D eigenvalue weighted by atomic mass is 16.6. The van der Waals surface area contributed by atoms with Crippen molar-refractivity contribution < 1.29 is 4.92 Å². The number of hydrogen-bond donors (Lipinski definition) is 0. The molecule has 0 atom stereocenters. The van der Waals surface area contributed by atoms with Crippen molar-refractivity contribution in [1.29, 1.82) is 0 Å². The van der Waals surface area contributed by atoms with Crippen molar-refractivity contribution >= 4 is 5.69 Å². The van der Waals surface area contributed by atoms with Crippen LogP contribution >= 0.6 is 0 Å². The summed E-state index contributed by atoms with van der Waals surface area (Å²) in [5.41, 5.74) is -0.458. The van der Waals surface area contributed by atoms with E-state index in [1.54, 1.807) is 12.1 Å². The lowest BCUT2D eigenvalue weighted by Gasteiger charge is -2.04. The van der Waals surface area contributed by atoms with Gasteiger partial charge in [-0.2, -0.15) is 0 Å². The van der Waals surface area contributed by atoms with Crippen LogP contribution in [0.15, 0.2) is 47.5 Å². The minimum atomic E-state index is -0.545. The molecule has 0 radical (unpaired) electrons. The van der Waals surface area contributed by atoms with Crippen LogP contribution in [0.3, 0.4) is 0 Å². The molecule has 0 saturated carbocycles. The first-order chi connectivity index (χ1) is 7.70. The average molecular weight is 217 g/mol. The number of hydrogen-bond acceptors (Lipinski definition) is 4. The van der Waals surface area contributed by atoms with E-state index in [0.29, 0.717) is 0 Å². The summed E-state index contributed by atoms with van der Waals surface area (Å²) in [6, 6.07) is 7.55. The zero-order valence-corrected chi connectivity index (χ0v) is 8.11. The summed E-state index contributed by atoms with van der Waals surface area (Å²) in [4.78, 5) is 25.2. The summed E-state index contributed by atoms with van der Waals surface area (Å²) >= 11 is 0. The van der Waals surface area contributed by atoms with Crippen molar-refractivity contribution in [3.63, 3.8) is 0 Å². The molecule has 0 aliphatic carbocycles. The number of nitrogens with zero attached hydrogens (tertiary/aromatic N) is 3. The van der Waals surface area contributed by atoms with Crippen molar-refractivity contribution in [3.05, 3.63) is 63.3 Å². The highest BCUT2D eigenvalue weighted by molar-refractivity contribution is 5.51. The van der Waals surface area contributed by atoms with Crippen molar-refractivity contribution in [2.24, 2.45) is 0 Å². The van der Waals surface area contributed by atoms with E-state index >= 15 is 0 Å². The van der Waals surface area contributed by atoms with Gasteiger partial charge in [-0.1, -0.05) is 12.1 Å². The number of nitro benzene ring substituents is 1. The first-order valence-corrected chi connectivity index (χ1v) is 4.47. The number of benzene rings is 1. The molecule has 0 aliphatic rings. The fraction of sp³-hybridized carbons (Fsp3) is 0. The van der Waals surface area contributed by atoms with E-state index in [1.807, 2.05) is 0 Å². The quantitative estimate of drug-likeness (QED) is 0.558. The summed E-state index contributed by atoms with van der Waals surface area (Å²) in [7, 11) is 0. The van der Waals surface area contributed by atoms with Crippen molar-refractivity contribution in [3.8, 4) is 5.69 Å². The molecule has 6 heteroatoms. The third-order valence-corrected chi connectivity index (χ3v) is 2.05. The first kappa shape index (κ1) is 10.0. The van der Waals surface area contributed by atoms with Gasteiger partial charge in [0.05, 0.1) is 4.92 Å². The second-order valence-electron chi connectivity index (χ2n) is 3.02. The predicted molar refractivity (Wildman–Crippen MR) is 56.5 cm³/mol. The summed E-state index contributed by atoms with van der Waals surface area (Å²) < 4.78 is 1.14. The highest BCUT2D eigenvalue weighted by Gasteiger charge is 2.14. The third-order valence-electron chi connectivity index (χ3n) is 2.05. The Hall–Kier alpha value is -2.50. The average Bonchev–Trinajstić information content (AvgIpc) is 2.29. The lowest BCUT2D eigenvalue weighted by atomic mass is 10.2. The molecule has 0 bridgehead atoms. The molecule has 0 aliphatic heterocycles. The van der Waals surface area contributed by atoms with E-state index in [1.165, 1.54) is 30.6 Å². The van der Waals surface area contributed by atoms with Crippen LogP contribution in [-0.2, 0) is 0 Å². The predicted octanol–water partition coefficient (Wildman–Crippen LogP) is 1.14. The van der Waals surface area contributed by atoms with Crippen LogP contribution in [0.2, 0.25) is 0 Å². The van der Waals surface area contributed by atoms with E-state index in [-0.39, 0.29) is 11.4 Å². The first-order valence-electron chi connectivity index (χ1n) is 4.47. The Kier molecular flexibility index (Phi) is 2.47. The van der Waals surface area contributed by atoms with Gasteiger partial charge in [0.15, 0.2) is 0 Å². The maximum absolute atomic E-state index is 11.4. The standard InChI is InChI=1S/C10H7N3O3/c14-10-11-6-3-7-12(10)8-4-1-2-5-9(8)13(15)16/h1-7H. The Morgan fingerprint density at radius 2 is 2.00 bits per heavy atom. The van der Waals surface area contributed by atoms with E-state index in [9.17, 15) is 14.9 Å². The molecule has 6 nitrogen and oxygen atoms in total. The van der Waals surface area contributed by atoms with Crippen molar-refractivity contribution in [2.75, 3.05) is 0 Å². The molecule has 0 amide bonds. The SMILES string of the molecule is O=c1ncccn1-c1ccccc1[N+](=O)[O-]. The van der Waals surface area contributed by atoms with Gasteiger partial charge in [-0.3, -0.25) is 14.7 Å². The van der Waals surface area contributed by atoms with Gasteiger partial charge >= 0.3 is 5.69 Å². The van der Waals surface area contributed by atoms with Gasteiger partial charge in [0.25, 0.3) is 5.69 Å². The topological polar surface area (TPSA) is 78.0 Å². The lowest BCUT2D eigenvalue weighted by molar-refractivity contribution is -0.384. The molecule has 1 aromatic heterocycles. The fourth-order valence-corrected chi connectivity index (χ4v) is 1.36. The third kappa shape index (κ3) is 1.68. The van der Waals surface area contributed by atoms with Crippen LogP contribution in [0.1, 0.15) is 0 Å². The van der Waals surface area contributed by atoms with Crippen LogP contribution in [0.25, 0.3) is 5.69 Å². The van der Waals surface area contributed by atoms with E-state index in [4.69, 9.17) is 0 Å². The van der Waals surface area contributed by atoms with E-state index in [2.05, 4.69) is 4.98 Å². The van der Waals surface area contributed by atoms with Crippen molar-refractivity contribution in [2.45, 2.75) is 0 Å². The van der Waals surface area contributed by atoms with E-state index < -0.39 is 10.6 Å². The zero-order chi connectivity index (χ0) is 11.5. The fourth-order valence-electron chi connectivity index (χ4n) is 1.36. The molecule has 2 aromatic rings. The number of rotatable bonds is 2. The Labute approximate surface area is 90.0 Å². The van der Waals surface area contributed by atoms with Gasteiger partial charge in [0, 0.05) is 18.5 Å². The molecule has 0 fully saturated rings. The number of para-hydroxylation sites is 2. The van der Waals surface area contributed by atoms with Gasteiger partial charge < -0.3 is 0 Å². The molecular weight excluding hydrogens is 210 g/mol. The molecule has 0 N–H and O–H groups in total. The monoisotopic (exact) mass is 217 g/mol. The minimum absolute atomic E-state index is 0.127. The van der Waals surface area contributed by atoms with Gasteiger partial charge in [-0.25, -0.2) is 9.78 Å². The van der Waals surface area contributed by atoms with Crippen LogP contribution in [0, 0.1) is 10.1 Å².